The van der Waals surface area contributed by atoms with E-state index in [1.165, 1.54) is 11.6 Å². The van der Waals surface area contributed by atoms with Crippen molar-refractivity contribution in [2.45, 2.75) is 45.3 Å². The first-order valence-corrected chi connectivity index (χ1v) is 11.1. The Bertz CT molecular complexity index is 1070. The molecule has 0 amide bonds. The van der Waals surface area contributed by atoms with Gasteiger partial charge in [0, 0.05) is 25.3 Å². The minimum absolute atomic E-state index is 0. The van der Waals surface area contributed by atoms with Crippen molar-refractivity contribution in [2.75, 3.05) is 28.6 Å². The molecule has 0 saturated carbocycles. The molecule has 2 heterocycles. The lowest BCUT2D eigenvalue weighted by atomic mass is 10.1. The highest BCUT2D eigenvalue weighted by Crippen LogP contribution is 2.31. The molecule has 1 aliphatic heterocycles. The Morgan fingerprint density at radius 1 is 0.882 bits per heavy atom. The van der Waals surface area contributed by atoms with Gasteiger partial charge in [0.2, 0.25) is 17.8 Å². The van der Waals surface area contributed by atoms with Crippen LogP contribution in [0, 0.1) is 6.92 Å². The highest BCUT2D eigenvalue weighted by molar-refractivity contribution is 5.85. The molecule has 0 radical (unpaired) electrons. The molecule has 10 heteroatoms. The van der Waals surface area contributed by atoms with E-state index < -0.39 is 11.7 Å². The van der Waals surface area contributed by atoms with E-state index in [-0.39, 0.29) is 24.0 Å². The molecule has 4 rings (SSSR count). The second kappa shape index (κ2) is 11.4. The predicted molar refractivity (Wildman–Crippen MR) is 131 cm³/mol. The number of nitrogens with one attached hydrogen (secondary N) is 2. The number of alkyl halides is 3. The molecule has 2 N–H and O–H groups in total. The first-order chi connectivity index (χ1) is 15.9. The van der Waals surface area contributed by atoms with E-state index in [2.05, 4.69) is 30.5 Å². The molecular formula is C24H28ClF3N6. The summed E-state index contributed by atoms with van der Waals surface area (Å²) >= 11 is 0. The molecule has 2 aromatic carbocycles. The van der Waals surface area contributed by atoms with E-state index in [0.29, 0.717) is 18.4 Å². The van der Waals surface area contributed by atoms with Gasteiger partial charge in [-0.15, -0.1) is 12.4 Å². The standard InChI is InChI=1S/C24H27F3N6.ClH/c1-17-9-11-18(12-10-17)16-28-21-30-22(29-20-8-6-7-19(15-20)24(25,26)27)32-23(31-21)33-13-4-2-3-5-14-33;/h6-12,15H,2-5,13-14,16H2,1H3,(H2,28,29,30,31,32);1H. The van der Waals surface area contributed by atoms with Gasteiger partial charge in [-0.25, -0.2) is 0 Å². The van der Waals surface area contributed by atoms with Crippen molar-refractivity contribution in [1.29, 1.82) is 0 Å². The fourth-order valence-corrected chi connectivity index (χ4v) is 3.70. The molecular weight excluding hydrogens is 465 g/mol. The molecule has 0 spiro atoms. The Morgan fingerprint density at radius 2 is 1.56 bits per heavy atom. The van der Waals surface area contributed by atoms with E-state index in [0.717, 1.165) is 56.5 Å². The second-order valence-corrected chi connectivity index (χ2v) is 8.23. The fourth-order valence-electron chi connectivity index (χ4n) is 3.70. The lowest BCUT2D eigenvalue weighted by Crippen LogP contribution is -2.27. The minimum Gasteiger partial charge on any atom is -0.350 e. The summed E-state index contributed by atoms with van der Waals surface area (Å²) in [7, 11) is 0. The lowest BCUT2D eigenvalue weighted by Gasteiger charge is -2.21. The number of aromatic nitrogens is 3. The van der Waals surface area contributed by atoms with Crippen molar-refractivity contribution < 1.29 is 13.2 Å². The van der Waals surface area contributed by atoms with E-state index >= 15 is 0 Å². The van der Waals surface area contributed by atoms with Crippen molar-refractivity contribution in [2.24, 2.45) is 0 Å². The van der Waals surface area contributed by atoms with Gasteiger partial charge in [-0.2, -0.15) is 28.1 Å². The van der Waals surface area contributed by atoms with Gasteiger partial charge in [0.05, 0.1) is 5.56 Å². The first-order valence-electron chi connectivity index (χ1n) is 11.1. The Hall–Kier alpha value is -3.07. The topological polar surface area (TPSA) is 66.0 Å². The van der Waals surface area contributed by atoms with Crippen LogP contribution in [0.4, 0.5) is 36.7 Å². The van der Waals surface area contributed by atoms with Crippen LogP contribution in [0.25, 0.3) is 0 Å². The first kappa shape index (κ1) is 25.6. The lowest BCUT2D eigenvalue weighted by molar-refractivity contribution is -0.137. The van der Waals surface area contributed by atoms with Crippen LogP contribution in [0.1, 0.15) is 42.4 Å². The van der Waals surface area contributed by atoms with Gasteiger partial charge >= 0.3 is 6.18 Å². The van der Waals surface area contributed by atoms with Gasteiger partial charge in [-0.3, -0.25) is 0 Å². The van der Waals surface area contributed by atoms with Crippen LogP contribution in [0.2, 0.25) is 0 Å². The smallest absolute Gasteiger partial charge is 0.350 e. The van der Waals surface area contributed by atoms with Gasteiger partial charge in [0.25, 0.3) is 0 Å². The third kappa shape index (κ3) is 6.96. The molecule has 1 aromatic heterocycles. The summed E-state index contributed by atoms with van der Waals surface area (Å²) < 4.78 is 39.4. The molecule has 0 unspecified atom stereocenters. The molecule has 3 aromatic rings. The molecule has 182 valence electrons. The molecule has 0 bridgehead atoms. The number of benzene rings is 2. The third-order valence-electron chi connectivity index (χ3n) is 5.53. The van der Waals surface area contributed by atoms with Crippen LogP contribution in [0.3, 0.4) is 0 Å². The molecule has 1 aliphatic rings. The van der Waals surface area contributed by atoms with Crippen molar-refractivity contribution in [3.8, 4) is 0 Å². The van der Waals surface area contributed by atoms with Crippen LogP contribution in [0.5, 0.6) is 0 Å². The summed E-state index contributed by atoms with van der Waals surface area (Å²) in [5.41, 5.74) is 1.79. The van der Waals surface area contributed by atoms with Crippen molar-refractivity contribution in [3.63, 3.8) is 0 Å². The van der Waals surface area contributed by atoms with E-state index in [9.17, 15) is 13.2 Å². The second-order valence-electron chi connectivity index (χ2n) is 8.23. The number of nitrogens with zero attached hydrogens (tertiary/aromatic N) is 4. The zero-order valence-electron chi connectivity index (χ0n) is 18.9. The largest absolute Gasteiger partial charge is 0.416 e. The quantitative estimate of drug-likeness (QED) is 0.417. The van der Waals surface area contributed by atoms with Gasteiger partial charge in [0.15, 0.2) is 0 Å². The Kier molecular flexibility index (Phi) is 8.55. The summed E-state index contributed by atoms with van der Waals surface area (Å²) in [4.78, 5) is 15.7. The minimum atomic E-state index is -4.42. The zero-order valence-corrected chi connectivity index (χ0v) is 19.7. The normalized spacial score (nSPS) is 14.2. The third-order valence-corrected chi connectivity index (χ3v) is 5.53. The van der Waals surface area contributed by atoms with Crippen LogP contribution in [-0.4, -0.2) is 28.0 Å². The Labute approximate surface area is 203 Å². The molecule has 1 fully saturated rings. The Balaban J connectivity index is 0.00000324. The average molecular weight is 493 g/mol. The SMILES string of the molecule is Cc1ccc(CNc2nc(Nc3cccc(C(F)(F)F)c3)nc(N3CCCCCC3)n2)cc1.Cl. The molecule has 0 atom stereocenters. The molecule has 1 saturated heterocycles. The summed E-state index contributed by atoms with van der Waals surface area (Å²) in [5, 5.41) is 6.16. The van der Waals surface area contributed by atoms with E-state index in [1.807, 2.05) is 31.2 Å². The fraction of sp³-hybridized carbons (Fsp3) is 0.375. The predicted octanol–water partition coefficient (Wildman–Crippen LogP) is 6.36. The highest BCUT2D eigenvalue weighted by Gasteiger charge is 2.30. The number of rotatable bonds is 6. The average Bonchev–Trinajstić information content (AvgIpc) is 3.08. The van der Waals surface area contributed by atoms with E-state index in [4.69, 9.17) is 0 Å². The van der Waals surface area contributed by atoms with Crippen LogP contribution in [-0.2, 0) is 12.7 Å². The molecule has 6 nitrogen and oxygen atoms in total. The maximum atomic E-state index is 13.1. The number of hydrogen-bond acceptors (Lipinski definition) is 6. The zero-order chi connectivity index (χ0) is 23.3. The Morgan fingerprint density at radius 3 is 2.24 bits per heavy atom. The summed E-state index contributed by atoms with van der Waals surface area (Å²) in [6.45, 7) is 4.23. The summed E-state index contributed by atoms with van der Waals surface area (Å²) in [5.74, 6) is 1.10. The number of halogens is 4. The van der Waals surface area contributed by atoms with E-state index in [1.54, 1.807) is 6.07 Å². The summed E-state index contributed by atoms with van der Waals surface area (Å²) in [6.07, 6.45) is 0.00205. The highest BCUT2D eigenvalue weighted by atomic mass is 35.5. The van der Waals surface area contributed by atoms with Gasteiger partial charge in [-0.05, 0) is 43.5 Å². The van der Waals surface area contributed by atoms with Crippen molar-refractivity contribution >= 4 is 35.9 Å². The maximum absolute atomic E-state index is 13.1. The number of anilines is 4. The monoisotopic (exact) mass is 492 g/mol. The number of hydrogen-bond donors (Lipinski definition) is 2. The maximum Gasteiger partial charge on any atom is 0.416 e. The van der Waals surface area contributed by atoms with Gasteiger partial charge < -0.3 is 15.5 Å². The number of aryl methyl sites for hydroxylation is 1. The van der Waals surface area contributed by atoms with Gasteiger partial charge in [0.1, 0.15) is 0 Å². The van der Waals surface area contributed by atoms with Crippen molar-refractivity contribution in [1.82, 2.24) is 15.0 Å². The van der Waals surface area contributed by atoms with Crippen LogP contribution < -0.4 is 15.5 Å². The summed E-state index contributed by atoms with van der Waals surface area (Å²) in [6, 6.07) is 13.1. The van der Waals surface area contributed by atoms with Crippen LogP contribution >= 0.6 is 12.4 Å². The van der Waals surface area contributed by atoms with Crippen molar-refractivity contribution in [3.05, 3.63) is 65.2 Å². The van der Waals surface area contributed by atoms with Gasteiger partial charge in [-0.1, -0.05) is 48.7 Å². The molecule has 0 aliphatic carbocycles. The van der Waals surface area contributed by atoms with Crippen LogP contribution in [0.15, 0.2) is 48.5 Å². The molecule has 34 heavy (non-hydrogen) atoms.